The van der Waals surface area contributed by atoms with Crippen LogP contribution in [0.3, 0.4) is 0 Å². The Hall–Kier alpha value is -2.71. The lowest BCUT2D eigenvalue weighted by atomic mass is 10.1. The molecule has 1 aromatic carbocycles. The van der Waals surface area contributed by atoms with Crippen LogP contribution in [0.15, 0.2) is 42.7 Å². The number of para-hydroxylation sites is 1. The molecule has 0 spiro atoms. The van der Waals surface area contributed by atoms with E-state index in [1.54, 1.807) is 18.1 Å². The molecule has 3 aromatic rings. The average Bonchev–Trinajstić information content (AvgIpc) is 3.35. The second-order valence-electron chi connectivity index (χ2n) is 7.24. The molecular weight excluding hydrogens is 390 g/mol. The quantitative estimate of drug-likeness (QED) is 0.692. The van der Waals surface area contributed by atoms with E-state index in [2.05, 4.69) is 20.7 Å². The van der Waals surface area contributed by atoms with E-state index in [-0.39, 0.29) is 18.3 Å². The summed E-state index contributed by atoms with van der Waals surface area (Å²) in [7, 11) is 1.78. The molecule has 3 heterocycles. The van der Waals surface area contributed by atoms with Crippen LogP contribution in [-0.2, 0) is 6.54 Å². The Labute approximate surface area is 176 Å². The number of rotatable bonds is 5. The molecule has 4 rings (SSSR count). The zero-order valence-electron chi connectivity index (χ0n) is 16.7. The number of halogens is 1. The van der Waals surface area contributed by atoms with Crippen LogP contribution in [0.2, 0.25) is 0 Å². The molecule has 8 nitrogen and oxygen atoms in total. The molecule has 0 aliphatic carbocycles. The summed E-state index contributed by atoms with van der Waals surface area (Å²) in [5, 5.41) is 16.2. The Morgan fingerprint density at radius 1 is 1.24 bits per heavy atom. The van der Waals surface area contributed by atoms with Crippen LogP contribution in [0.25, 0.3) is 5.69 Å². The maximum Gasteiger partial charge on any atom is 0.276 e. The van der Waals surface area contributed by atoms with Gasteiger partial charge in [-0.05, 0) is 45.0 Å². The maximum absolute atomic E-state index is 12.9. The van der Waals surface area contributed by atoms with Gasteiger partial charge >= 0.3 is 0 Å². The standard InChI is InChI=1S/C20H25N7O.ClH/c1-15-19(23-24-27(15)18-8-10-21-11-9-18)20(28)25(2)13-16-12-22-26(14-16)17-6-4-3-5-7-17;/h3-7,12,14,18,21H,8-11,13H2,1-2H3;1H. The second-order valence-corrected chi connectivity index (χ2v) is 7.24. The number of aromatic nitrogens is 5. The number of nitrogens with zero attached hydrogens (tertiary/aromatic N) is 6. The highest BCUT2D eigenvalue weighted by atomic mass is 35.5. The molecule has 1 fully saturated rings. The lowest BCUT2D eigenvalue weighted by Gasteiger charge is -2.23. The molecule has 0 saturated carbocycles. The van der Waals surface area contributed by atoms with E-state index in [9.17, 15) is 4.79 Å². The summed E-state index contributed by atoms with van der Waals surface area (Å²) in [6, 6.07) is 10.2. The van der Waals surface area contributed by atoms with Crippen molar-refractivity contribution in [2.45, 2.75) is 32.4 Å². The van der Waals surface area contributed by atoms with E-state index in [0.717, 1.165) is 42.9 Å². The minimum absolute atomic E-state index is 0. The van der Waals surface area contributed by atoms with E-state index in [1.165, 1.54) is 0 Å². The first-order valence-electron chi connectivity index (χ1n) is 9.60. The first kappa shape index (κ1) is 21.0. The summed E-state index contributed by atoms with van der Waals surface area (Å²) in [5.41, 5.74) is 3.21. The van der Waals surface area contributed by atoms with Crippen LogP contribution in [-0.4, -0.2) is 55.7 Å². The minimum atomic E-state index is -0.120. The predicted octanol–water partition coefficient (Wildman–Crippen LogP) is 2.39. The van der Waals surface area contributed by atoms with Gasteiger partial charge < -0.3 is 10.2 Å². The molecule has 29 heavy (non-hydrogen) atoms. The number of benzene rings is 1. The van der Waals surface area contributed by atoms with E-state index in [0.29, 0.717) is 18.3 Å². The van der Waals surface area contributed by atoms with Crippen LogP contribution < -0.4 is 5.32 Å². The first-order chi connectivity index (χ1) is 13.6. The molecule has 154 valence electrons. The van der Waals surface area contributed by atoms with Crippen LogP contribution in [0, 0.1) is 6.92 Å². The average molecular weight is 416 g/mol. The summed E-state index contributed by atoms with van der Waals surface area (Å²) in [6.45, 7) is 4.33. The summed E-state index contributed by atoms with van der Waals surface area (Å²) < 4.78 is 3.72. The highest BCUT2D eigenvalue weighted by Gasteiger charge is 2.24. The Bertz CT molecular complexity index is 947. The summed E-state index contributed by atoms with van der Waals surface area (Å²) in [4.78, 5) is 14.6. The molecule has 1 saturated heterocycles. The van der Waals surface area contributed by atoms with Gasteiger partial charge in [0.25, 0.3) is 5.91 Å². The fraction of sp³-hybridized carbons (Fsp3) is 0.400. The van der Waals surface area contributed by atoms with Gasteiger partial charge in [0.2, 0.25) is 0 Å². The molecule has 2 aromatic heterocycles. The Balaban J connectivity index is 0.00000240. The number of amides is 1. The summed E-state index contributed by atoms with van der Waals surface area (Å²) in [6.07, 6.45) is 5.74. The van der Waals surface area contributed by atoms with Gasteiger partial charge in [0.05, 0.1) is 23.6 Å². The number of hydrogen-bond acceptors (Lipinski definition) is 5. The van der Waals surface area contributed by atoms with E-state index < -0.39 is 0 Å². The number of carbonyl (C=O) groups excluding carboxylic acids is 1. The van der Waals surface area contributed by atoms with Crippen molar-refractivity contribution in [2.75, 3.05) is 20.1 Å². The number of nitrogens with one attached hydrogen (secondary N) is 1. The van der Waals surface area contributed by atoms with Crippen molar-refractivity contribution in [3.8, 4) is 5.69 Å². The number of piperidine rings is 1. The topological polar surface area (TPSA) is 80.9 Å². The van der Waals surface area contributed by atoms with Gasteiger partial charge in [-0.3, -0.25) is 4.79 Å². The van der Waals surface area contributed by atoms with Gasteiger partial charge in [-0.25, -0.2) is 9.36 Å². The van der Waals surface area contributed by atoms with Gasteiger partial charge in [-0.15, -0.1) is 17.5 Å². The fourth-order valence-corrected chi connectivity index (χ4v) is 3.63. The van der Waals surface area contributed by atoms with Crippen molar-refractivity contribution in [3.05, 3.63) is 59.7 Å². The highest BCUT2D eigenvalue weighted by molar-refractivity contribution is 5.93. The summed E-state index contributed by atoms with van der Waals surface area (Å²) in [5.74, 6) is -0.120. The van der Waals surface area contributed by atoms with Crippen molar-refractivity contribution in [3.63, 3.8) is 0 Å². The van der Waals surface area contributed by atoms with Gasteiger partial charge in [0, 0.05) is 25.4 Å². The molecule has 9 heteroatoms. The monoisotopic (exact) mass is 415 g/mol. The van der Waals surface area contributed by atoms with Crippen LogP contribution >= 0.6 is 12.4 Å². The second kappa shape index (κ2) is 9.19. The Kier molecular flexibility index (Phi) is 6.66. The molecule has 0 radical (unpaired) electrons. The van der Waals surface area contributed by atoms with Crippen LogP contribution in [0.5, 0.6) is 0 Å². The molecule has 1 amide bonds. The fourth-order valence-electron chi connectivity index (χ4n) is 3.63. The zero-order chi connectivity index (χ0) is 19.5. The SMILES string of the molecule is Cc1c(C(=O)N(C)Cc2cnn(-c3ccccc3)c2)nnn1C1CCNCC1.Cl. The van der Waals surface area contributed by atoms with Gasteiger partial charge in [0.15, 0.2) is 5.69 Å². The van der Waals surface area contributed by atoms with Crippen molar-refractivity contribution >= 4 is 18.3 Å². The zero-order valence-corrected chi connectivity index (χ0v) is 17.5. The summed E-state index contributed by atoms with van der Waals surface area (Å²) >= 11 is 0. The van der Waals surface area contributed by atoms with Gasteiger partial charge in [0.1, 0.15) is 0 Å². The third kappa shape index (κ3) is 4.49. The van der Waals surface area contributed by atoms with Crippen molar-refractivity contribution in [1.82, 2.24) is 35.0 Å². The van der Waals surface area contributed by atoms with Gasteiger partial charge in [-0.2, -0.15) is 5.10 Å². The lowest BCUT2D eigenvalue weighted by molar-refractivity contribution is 0.0778. The largest absolute Gasteiger partial charge is 0.336 e. The molecule has 0 unspecified atom stereocenters. The van der Waals surface area contributed by atoms with E-state index in [1.807, 2.05) is 52.8 Å². The maximum atomic E-state index is 12.9. The normalized spacial score (nSPS) is 14.4. The molecule has 1 N–H and O–H groups in total. The van der Waals surface area contributed by atoms with Crippen molar-refractivity contribution in [1.29, 1.82) is 0 Å². The molecule has 1 aliphatic rings. The minimum Gasteiger partial charge on any atom is -0.336 e. The third-order valence-corrected chi connectivity index (χ3v) is 5.21. The molecular formula is C20H26ClN7O. The smallest absolute Gasteiger partial charge is 0.276 e. The molecule has 0 atom stereocenters. The lowest BCUT2D eigenvalue weighted by Crippen LogP contribution is -2.30. The molecule has 1 aliphatic heterocycles. The van der Waals surface area contributed by atoms with Crippen LogP contribution in [0.1, 0.15) is 40.6 Å². The third-order valence-electron chi connectivity index (χ3n) is 5.21. The van der Waals surface area contributed by atoms with E-state index in [4.69, 9.17) is 0 Å². The Morgan fingerprint density at radius 2 is 1.97 bits per heavy atom. The van der Waals surface area contributed by atoms with E-state index >= 15 is 0 Å². The first-order valence-corrected chi connectivity index (χ1v) is 9.60. The van der Waals surface area contributed by atoms with Crippen LogP contribution in [0.4, 0.5) is 0 Å². The predicted molar refractivity (Wildman–Crippen MR) is 113 cm³/mol. The Morgan fingerprint density at radius 3 is 2.69 bits per heavy atom. The van der Waals surface area contributed by atoms with Gasteiger partial charge in [-0.1, -0.05) is 23.4 Å². The molecule has 0 bridgehead atoms. The van der Waals surface area contributed by atoms with Crippen molar-refractivity contribution in [2.24, 2.45) is 0 Å². The number of carbonyl (C=O) groups is 1. The number of hydrogen-bond donors (Lipinski definition) is 1. The highest BCUT2D eigenvalue weighted by Crippen LogP contribution is 2.21. The van der Waals surface area contributed by atoms with Crippen molar-refractivity contribution < 1.29 is 4.79 Å².